The molecule has 192 valence electrons. The van der Waals surface area contributed by atoms with Crippen LogP contribution in [-0.2, 0) is 27.3 Å². The molecule has 1 aliphatic heterocycles. The van der Waals surface area contributed by atoms with Gasteiger partial charge in [-0.2, -0.15) is 0 Å². The van der Waals surface area contributed by atoms with Gasteiger partial charge in [0.25, 0.3) is 5.91 Å². The third kappa shape index (κ3) is 5.30. The molecule has 2 aliphatic rings. The van der Waals surface area contributed by atoms with Crippen LogP contribution in [0.25, 0.3) is 11.0 Å². The van der Waals surface area contributed by atoms with Crippen molar-refractivity contribution in [1.29, 1.82) is 0 Å². The molecule has 11 nitrogen and oxygen atoms in total. The number of benzene rings is 1. The quantitative estimate of drug-likeness (QED) is 0.399. The molecule has 1 aliphatic carbocycles. The van der Waals surface area contributed by atoms with Crippen LogP contribution in [0.15, 0.2) is 30.7 Å². The topological polar surface area (TPSA) is 155 Å². The van der Waals surface area contributed by atoms with E-state index in [0.717, 1.165) is 11.1 Å². The van der Waals surface area contributed by atoms with E-state index in [9.17, 15) is 19.2 Å². The summed E-state index contributed by atoms with van der Waals surface area (Å²) in [5, 5.41) is 8.56. The molecule has 3 aromatic rings. The van der Waals surface area contributed by atoms with Crippen molar-refractivity contribution in [3.05, 3.63) is 47.5 Å². The third-order valence-electron chi connectivity index (χ3n) is 6.25. The molecule has 11 heteroatoms. The van der Waals surface area contributed by atoms with Gasteiger partial charge in [0.2, 0.25) is 11.8 Å². The van der Waals surface area contributed by atoms with Crippen molar-refractivity contribution in [2.24, 2.45) is 11.8 Å². The molecule has 1 fully saturated rings. The molecule has 0 spiro atoms. The van der Waals surface area contributed by atoms with E-state index >= 15 is 0 Å². The predicted octanol–water partition coefficient (Wildman–Crippen LogP) is 1.88. The second kappa shape index (κ2) is 9.30. The Labute approximate surface area is 212 Å². The SMILES string of the molecule is CC(C)(C)NC(=O)[C@@H]1C[C@H]1C(=O)Nc1c[nH]c2c(C(=O)NCc3ccc4c(c3)CC(=O)CO4)ncnc12. The summed E-state index contributed by atoms with van der Waals surface area (Å²) in [6.07, 6.45) is 3.62. The molecule has 0 bridgehead atoms. The fourth-order valence-electron chi connectivity index (χ4n) is 4.38. The maximum absolute atomic E-state index is 12.9. The van der Waals surface area contributed by atoms with Gasteiger partial charge >= 0.3 is 0 Å². The van der Waals surface area contributed by atoms with Crippen LogP contribution >= 0.6 is 0 Å². The highest BCUT2D eigenvalue weighted by Crippen LogP contribution is 2.40. The number of nitrogens with one attached hydrogen (secondary N) is 4. The van der Waals surface area contributed by atoms with Gasteiger partial charge in [0.1, 0.15) is 24.2 Å². The van der Waals surface area contributed by atoms with Crippen molar-refractivity contribution in [3.63, 3.8) is 0 Å². The van der Waals surface area contributed by atoms with Crippen molar-refractivity contribution >= 4 is 40.2 Å². The summed E-state index contributed by atoms with van der Waals surface area (Å²) in [5.74, 6) is -0.890. The first-order valence-electron chi connectivity index (χ1n) is 12.1. The molecule has 3 heterocycles. The first-order chi connectivity index (χ1) is 17.6. The first kappa shape index (κ1) is 24.4. The van der Waals surface area contributed by atoms with Crippen LogP contribution in [0.3, 0.4) is 0 Å². The summed E-state index contributed by atoms with van der Waals surface area (Å²) in [7, 11) is 0. The van der Waals surface area contributed by atoms with Gasteiger partial charge in [-0.25, -0.2) is 9.97 Å². The highest BCUT2D eigenvalue weighted by molar-refractivity contribution is 6.09. The zero-order chi connectivity index (χ0) is 26.3. The Morgan fingerprint density at radius 3 is 2.70 bits per heavy atom. The Kier molecular flexibility index (Phi) is 6.14. The minimum atomic E-state index is -0.418. The number of fused-ring (bicyclic) bond motifs is 2. The number of rotatable bonds is 6. The maximum Gasteiger partial charge on any atom is 0.272 e. The Morgan fingerprint density at radius 2 is 1.92 bits per heavy atom. The number of anilines is 1. The van der Waals surface area contributed by atoms with Crippen LogP contribution < -0.4 is 20.7 Å². The van der Waals surface area contributed by atoms with Crippen molar-refractivity contribution in [2.45, 2.75) is 45.7 Å². The fraction of sp³-hybridized carbons (Fsp3) is 0.385. The number of Topliss-reactive ketones (excluding diaryl/α,β-unsaturated/α-hetero) is 1. The standard InChI is InChI=1S/C26H28N6O5/c1-26(2,3)32-24(35)17-8-16(17)23(34)31-18-10-27-21-20(18)29-12-30-22(21)25(36)28-9-13-4-5-19-14(6-13)7-15(33)11-37-19/h4-6,10,12,16-17,27H,7-9,11H2,1-3H3,(H,28,36)(H,31,34)(H,32,35)/t16-,17-/m1/s1. The molecule has 1 saturated carbocycles. The number of nitrogens with zero attached hydrogens (tertiary/aromatic N) is 2. The van der Waals surface area contributed by atoms with Gasteiger partial charge in [0.05, 0.1) is 23.0 Å². The maximum atomic E-state index is 12.9. The molecular formula is C26H28N6O5. The minimum absolute atomic E-state index is 0.0112. The van der Waals surface area contributed by atoms with Gasteiger partial charge in [-0.1, -0.05) is 6.07 Å². The van der Waals surface area contributed by atoms with Crippen LogP contribution in [0.2, 0.25) is 0 Å². The Bertz CT molecular complexity index is 1420. The summed E-state index contributed by atoms with van der Waals surface area (Å²) in [6, 6.07) is 5.47. The van der Waals surface area contributed by atoms with Crippen molar-refractivity contribution in [3.8, 4) is 5.75 Å². The largest absolute Gasteiger partial charge is 0.486 e. The molecule has 3 amide bonds. The highest BCUT2D eigenvalue weighted by atomic mass is 16.5. The lowest BCUT2D eigenvalue weighted by Crippen LogP contribution is -2.42. The molecule has 2 atom stereocenters. The normalized spacial score (nSPS) is 18.5. The van der Waals surface area contributed by atoms with E-state index in [1.54, 1.807) is 12.3 Å². The zero-order valence-corrected chi connectivity index (χ0v) is 20.8. The van der Waals surface area contributed by atoms with E-state index in [2.05, 4.69) is 30.9 Å². The van der Waals surface area contributed by atoms with Crippen molar-refractivity contribution in [2.75, 3.05) is 11.9 Å². The second-order valence-electron chi connectivity index (χ2n) is 10.5. The van der Waals surface area contributed by atoms with E-state index in [0.29, 0.717) is 35.3 Å². The van der Waals surface area contributed by atoms with Crippen molar-refractivity contribution < 1.29 is 23.9 Å². The molecule has 5 rings (SSSR count). The Balaban J connectivity index is 1.24. The molecule has 2 aromatic heterocycles. The summed E-state index contributed by atoms with van der Waals surface area (Å²) in [5.41, 5.74) is 2.59. The number of amides is 3. The van der Waals surface area contributed by atoms with Gasteiger partial charge in [0.15, 0.2) is 11.5 Å². The van der Waals surface area contributed by atoms with Crippen LogP contribution in [0.5, 0.6) is 5.75 Å². The summed E-state index contributed by atoms with van der Waals surface area (Å²) in [6.45, 7) is 6.00. The van der Waals surface area contributed by atoms with Gasteiger partial charge in [-0.05, 0) is 44.9 Å². The predicted molar refractivity (Wildman–Crippen MR) is 134 cm³/mol. The van der Waals surface area contributed by atoms with Crippen LogP contribution in [0, 0.1) is 11.8 Å². The second-order valence-corrected chi connectivity index (χ2v) is 10.5. The summed E-state index contributed by atoms with van der Waals surface area (Å²) >= 11 is 0. The lowest BCUT2D eigenvalue weighted by atomic mass is 10.0. The van der Waals surface area contributed by atoms with E-state index in [1.807, 2.05) is 32.9 Å². The average Bonchev–Trinajstić information content (AvgIpc) is 3.56. The molecule has 4 N–H and O–H groups in total. The number of carbonyl (C=O) groups excluding carboxylic acids is 4. The van der Waals surface area contributed by atoms with E-state index < -0.39 is 11.8 Å². The van der Waals surface area contributed by atoms with Gasteiger partial charge in [-0.15, -0.1) is 0 Å². The van der Waals surface area contributed by atoms with Gasteiger partial charge < -0.3 is 25.7 Å². The zero-order valence-electron chi connectivity index (χ0n) is 20.8. The number of hydrogen-bond acceptors (Lipinski definition) is 7. The molecule has 1 aromatic carbocycles. The lowest BCUT2D eigenvalue weighted by Gasteiger charge is -2.20. The van der Waals surface area contributed by atoms with Crippen LogP contribution in [-0.4, -0.2) is 50.6 Å². The van der Waals surface area contributed by atoms with Gasteiger partial charge in [0, 0.05) is 30.3 Å². The summed E-state index contributed by atoms with van der Waals surface area (Å²) in [4.78, 5) is 61.0. The Morgan fingerprint density at radius 1 is 1.14 bits per heavy atom. The van der Waals surface area contributed by atoms with E-state index in [1.165, 1.54) is 6.33 Å². The number of ketones is 1. The summed E-state index contributed by atoms with van der Waals surface area (Å²) < 4.78 is 5.41. The minimum Gasteiger partial charge on any atom is -0.486 e. The van der Waals surface area contributed by atoms with Crippen molar-refractivity contribution in [1.82, 2.24) is 25.6 Å². The molecule has 0 radical (unpaired) electrons. The molecular weight excluding hydrogens is 476 g/mol. The third-order valence-corrected chi connectivity index (χ3v) is 6.25. The number of aromatic nitrogens is 3. The molecule has 37 heavy (non-hydrogen) atoms. The smallest absolute Gasteiger partial charge is 0.272 e. The van der Waals surface area contributed by atoms with Crippen LogP contribution in [0.4, 0.5) is 5.69 Å². The van der Waals surface area contributed by atoms with Crippen LogP contribution in [0.1, 0.15) is 48.8 Å². The van der Waals surface area contributed by atoms with E-state index in [4.69, 9.17) is 4.74 Å². The lowest BCUT2D eigenvalue weighted by molar-refractivity contribution is -0.126. The number of H-pyrrole nitrogens is 1. The van der Waals surface area contributed by atoms with Gasteiger partial charge in [-0.3, -0.25) is 19.2 Å². The molecule has 0 unspecified atom stereocenters. The number of hydrogen-bond donors (Lipinski definition) is 4. The number of carbonyl (C=O) groups is 4. The highest BCUT2D eigenvalue weighted by Gasteiger charge is 2.48. The number of ether oxygens (including phenoxy) is 1. The average molecular weight is 505 g/mol. The fourth-order valence-corrected chi connectivity index (χ4v) is 4.38. The Hall–Kier alpha value is -4.28. The van der Waals surface area contributed by atoms with E-state index in [-0.39, 0.29) is 47.9 Å². The first-order valence-corrected chi connectivity index (χ1v) is 12.1. The number of aromatic amines is 1. The monoisotopic (exact) mass is 504 g/mol. The molecule has 0 saturated heterocycles.